The van der Waals surface area contributed by atoms with Gasteiger partial charge < -0.3 is 5.32 Å². The van der Waals surface area contributed by atoms with Gasteiger partial charge in [0, 0.05) is 10.5 Å². The van der Waals surface area contributed by atoms with E-state index in [0.29, 0.717) is 6.04 Å². The van der Waals surface area contributed by atoms with Crippen LogP contribution in [0.4, 0.5) is 0 Å². The van der Waals surface area contributed by atoms with Crippen LogP contribution >= 0.6 is 15.9 Å². The Morgan fingerprint density at radius 3 is 2.61 bits per heavy atom. The standard InChI is InChI=1S/C16H22BrN/c1-11(13-4-6-16(17)7-5-13)18-10-15-9-12-2-3-14(15)8-12/h4-7,11-12,14-15,18H,2-3,8-10H2,1H3/t11-,12?,14?,15?/m0/s1. The molecular formula is C16H22BrN. The summed E-state index contributed by atoms with van der Waals surface area (Å²) in [6.07, 6.45) is 5.98. The molecule has 1 N–H and O–H groups in total. The van der Waals surface area contributed by atoms with Crippen LogP contribution in [0.15, 0.2) is 28.7 Å². The SMILES string of the molecule is C[C@H](NCC1CC2CCC1C2)c1ccc(Br)cc1. The predicted octanol–water partition coefficient (Wildman–Crippen LogP) is 4.54. The molecule has 18 heavy (non-hydrogen) atoms. The van der Waals surface area contributed by atoms with E-state index in [0.717, 1.165) is 22.2 Å². The van der Waals surface area contributed by atoms with Crippen molar-refractivity contribution in [3.63, 3.8) is 0 Å². The minimum atomic E-state index is 0.470. The summed E-state index contributed by atoms with van der Waals surface area (Å²) in [7, 11) is 0. The van der Waals surface area contributed by atoms with Crippen LogP contribution in [0.3, 0.4) is 0 Å². The summed E-state index contributed by atoms with van der Waals surface area (Å²) in [5, 5.41) is 3.73. The van der Waals surface area contributed by atoms with Crippen molar-refractivity contribution in [3.8, 4) is 0 Å². The van der Waals surface area contributed by atoms with Crippen LogP contribution in [-0.2, 0) is 0 Å². The van der Waals surface area contributed by atoms with Gasteiger partial charge in [-0.15, -0.1) is 0 Å². The third kappa shape index (κ3) is 2.65. The second kappa shape index (κ2) is 5.34. The normalized spacial score (nSPS) is 31.8. The van der Waals surface area contributed by atoms with Gasteiger partial charge in [-0.25, -0.2) is 0 Å². The molecule has 0 radical (unpaired) electrons. The van der Waals surface area contributed by atoms with Gasteiger partial charge in [0.25, 0.3) is 0 Å². The van der Waals surface area contributed by atoms with Crippen molar-refractivity contribution < 1.29 is 0 Å². The molecule has 0 saturated heterocycles. The Labute approximate surface area is 118 Å². The van der Waals surface area contributed by atoms with Crippen LogP contribution < -0.4 is 5.32 Å². The quantitative estimate of drug-likeness (QED) is 0.861. The molecule has 1 aromatic carbocycles. The minimum absolute atomic E-state index is 0.470. The Morgan fingerprint density at radius 2 is 2.00 bits per heavy atom. The molecule has 2 bridgehead atoms. The van der Waals surface area contributed by atoms with Crippen molar-refractivity contribution in [1.82, 2.24) is 5.32 Å². The predicted molar refractivity (Wildman–Crippen MR) is 79.5 cm³/mol. The van der Waals surface area contributed by atoms with E-state index < -0.39 is 0 Å². The van der Waals surface area contributed by atoms with Gasteiger partial charge in [-0.05, 0) is 68.2 Å². The molecule has 3 rings (SSSR count). The lowest BCUT2D eigenvalue weighted by atomic mass is 9.88. The van der Waals surface area contributed by atoms with E-state index in [4.69, 9.17) is 0 Å². The largest absolute Gasteiger partial charge is 0.310 e. The summed E-state index contributed by atoms with van der Waals surface area (Å²) >= 11 is 3.49. The number of hydrogen-bond donors (Lipinski definition) is 1. The van der Waals surface area contributed by atoms with Gasteiger partial charge in [-0.3, -0.25) is 0 Å². The molecule has 0 aliphatic heterocycles. The van der Waals surface area contributed by atoms with E-state index in [-0.39, 0.29) is 0 Å². The lowest BCUT2D eigenvalue weighted by Crippen LogP contribution is -2.28. The maximum Gasteiger partial charge on any atom is 0.0291 e. The molecule has 2 aliphatic carbocycles. The highest BCUT2D eigenvalue weighted by Crippen LogP contribution is 2.48. The zero-order valence-electron chi connectivity index (χ0n) is 11.0. The third-order valence-corrected chi connectivity index (χ3v) is 5.47. The van der Waals surface area contributed by atoms with E-state index in [1.54, 1.807) is 0 Å². The van der Waals surface area contributed by atoms with Crippen molar-refractivity contribution in [1.29, 1.82) is 0 Å². The number of nitrogens with one attached hydrogen (secondary N) is 1. The second-order valence-corrected chi connectivity index (χ2v) is 7.03. The van der Waals surface area contributed by atoms with E-state index >= 15 is 0 Å². The molecular weight excluding hydrogens is 286 g/mol. The fourth-order valence-electron chi connectivity index (χ4n) is 3.82. The Balaban J connectivity index is 1.52. The molecule has 2 saturated carbocycles. The molecule has 0 heterocycles. The van der Waals surface area contributed by atoms with Gasteiger partial charge >= 0.3 is 0 Å². The van der Waals surface area contributed by atoms with Crippen LogP contribution in [-0.4, -0.2) is 6.54 Å². The first kappa shape index (κ1) is 12.7. The van der Waals surface area contributed by atoms with Gasteiger partial charge in [0.2, 0.25) is 0 Å². The first-order valence-electron chi connectivity index (χ1n) is 7.21. The van der Waals surface area contributed by atoms with E-state index in [9.17, 15) is 0 Å². The Hall–Kier alpha value is -0.340. The van der Waals surface area contributed by atoms with Crippen LogP contribution in [0.2, 0.25) is 0 Å². The van der Waals surface area contributed by atoms with Gasteiger partial charge in [0.1, 0.15) is 0 Å². The van der Waals surface area contributed by atoms with Crippen LogP contribution in [0.25, 0.3) is 0 Å². The van der Waals surface area contributed by atoms with Crippen LogP contribution in [0.5, 0.6) is 0 Å². The maximum atomic E-state index is 3.73. The van der Waals surface area contributed by atoms with Gasteiger partial charge in [0.15, 0.2) is 0 Å². The number of benzene rings is 1. The summed E-state index contributed by atoms with van der Waals surface area (Å²) in [4.78, 5) is 0. The molecule has 1 nitrogen and oxygen atoms in total. The number of rotatable bonds is 4. The summed E-state index contributed by atoms with van der Waals surface area (Å²) in [5.74, 6) is 3.03. The molecule has 98 valence electrons. The Bertz CT molecular complexity index is 400. The molecule has 0 aromatic heterocycles. The number of halogens is 1. The maximum absolute atomic E-state index is 3.73. The number of hydrogen-bond acceptors (Lipinski definition) is 1. The van der Waals surface area contributed by atoms with Crippen molar-refractivity contribution in [2.24, 2.45) is 17.8 Å². The summed E-state index contributed by atoms with van der Waals surface area (Å²) in [6.45, 7) is 3.48. The monoisotopic (exact) mass is 307 g/mol. The summed E-state index contributed by atoms with van der Waals surface area (Å²) < 4.78 is 1.16. The number of fused-ring (bicyclic) bond motifs is 2. The zero-order chi connectivity index (χ0) is 12.5. The molecule has 0 spiro atoms. The van der Waals surface area contributed by atoms with Crippen molar-refractivity contribution in [3.05, 3.63) is 34.3 Å². The topological polar surface area (TPSA) is 12.0 Å². The molecule has 1 aromatic rings. The lowest BCUT2D eigenvalue weighted by molar-refractivity contribution is 0.309. The summed E-state index contributed by atoms with van der Waals surface area (Å²) in [5.41, 5.74) is 1.39. The van der Waals surface area contributed by atoms with Gasteiger partial charge in [-0.2, -0.15) is 0 Å². The third-order valence-electron chi connectivity index (χ3n) is 4.94. The average molecular weight is 308 g/mol. The fourth-order valence-corrected chi connectivity index (χ4v) is 4.09. The molecule has 2 aliphatic rings. The van der Waals surface area contributed by atoms with E-state index in [1.807, 2.05) is 0 Å². The second-order valence-electron chi connectivity index (χ2n) is 6.12. The molecule has 3 unspecified atom stereocenters. The molecule has 2 fully saturated rings. The Kier molecular flexibility index (Phi) is 3.76. The highest BCUT2D eigenvalue weighted by Gasteiger charge is 2.39. The highest BCUT2D eigenvalue weighted by atomic mass is 79.9. The molecule has 4 atom stereocenters. The van der Waals surface area contributed by atoms with E-state index in [2.05, 4.69) is 52.4 Å². The van der Waals surface area contributed by atoms with Crippen LogP contribution in [0.1, 0.15) is 44.2 Å². The van der Waals surface area contributed by atoms with Gasteiger partial charge in [0.05, 0.1) is 0 Å². The average Bonchev–Trinajstić information content (AvgIpc) is 2.99. The van der Waals surface area contributed by atoms with Crippen LogP contribution in [0, 0.1) is 17.8 Å². The minimum Gasteiger partial charge on any atom is -0.310 e. The first-order valence-corrected chi connectivity index (χ1v) is 8.00. The lowest BCUT2D eigenvalue weighted by Gasteiger charge is -2.24. The van der Waals surface area contributed by atoms with Crippen molar-refractivity contribution in [2.45, 2.75) is 38.6 Å². The Morgan fingerprint density at radius 1 is 1.22 bits per heavy atom. The van der Waals surface area contributed by atoms with E-state index in [1.165, 1.54) is 37.8 Å². The van der Waals surface area contributed by atoms with Crippen molar-refractivity contribution in [2.75, 3.05) is 6.54 Å². The smallest absolute Gasteiger partial charge is 0.0291 e. The zero-order valence-corrected chi connectivity index (χ0v) is 12.6. The van der Waals surface area contributed by atoms with Crippen molar-refractivity contribution >= 4 is 15.9 Å². The first-order chi connectivity index (χ1) is 8.72. The van der Waals surface area contributed by atoms with Gasteiger partial charge in [-0.1, -0.05) is 34.5 Å². The highest BCUT2D eigenvalue weighted by molar-refractivity contribution is 9.10. The fraction of sp³-hybridized carbons (Fsp3) is 0.625. The summed E-state index contributed by atoms with van der Waals surface area (Å²) in [6, 6.07) is 9.15. The molecule has 0 amide bonds. The molecule has 2 heteroatoms.